The van der Waals surface area contributed by atoms with Crippen molar-refractivity contribution in [3.63, 3.8) is 0 Å². The van der Waals surface area contributed by atoms with Crippen LogP contribution in [0.4, 0.5) is 5.69 Å². The molecule has 20 heavy (non-hydrogen) atoms. The average molecular weight is 468 g/mol. The van der Waals surface area contributed by atoms with Crippen molar-refractivity contribution in [2.45, 2.75) is 13.5 Å². The van der Waals surface area contributed by atoms with E-state index >= 15 is 0 Å². The molecule has 12 heteroatoms. The van der Waals surface area contributed by atoms with Gasteiger partial charge >= 0.3 is 0 Å². The summed E-state index contributed by atoms with van der Waals surface area (Å²) in [6, 6.07) is 2.05. The molecule has 2 rings (SSSR count). The number of nitrogens with one attached hydrogen (secondary N) is 1. The number of halogens is 3. The Kier molecular flexibility index (Phi) is 4.22. The molecule has 0 atom stereocenters. The highest BCUT2D eigenvalue weighted by Crippen LogP contribution is 2.35. The molecule has 7 nitrogen and oxygen atoms in total. The number of sulfonamides is 2. The second-order valence-corrected chi connectivity index (χ2v) is 10.3. The van der Waals surface area contributed by atoms with Gasteiger partial charge in [-0.25, -0.2) is 13.6 Å². The largest absolute Gasteiger partial charge is 0.340 e. The van der Waals surface area contributed by atoms with Gasteiger partial charge in [0.1, 0.15) is 19.4 Å². The zero-order chi connectivity index (χ0) is 15.3. The number of amidine groups is 1. The Morgan fingerprint density at radius 1 is 1.35 bits per heavy atom. The lowest BCUT2D eigenvalue weighted by molar-refractivity contribution is 0.596. The fourth-order valence-electron chi connectivity index (χ4n) is 1.50. The zero-order valence-electron chi connectivity index (χ0n) is 9.34. The van der Waals surface area contributed by atoms with Crippen LogP contribution in [0.3, 0.4) is 0 Å². The van der Waals surface area contributed by atoms with E-state index in [1.807, 2.05) is 0 Å². The van der Waals surface area contributed by atoms with Crippen molar-refractivity contribution in [2.75, 3.05) is 5.32 Å². The number of benzene rings is 1. The SMILES string of the molecule is NS(=O)(=O)c1cc2c(cc1Cl)NC(C(Br)Br)=NS2(=O)=O. The number of nitrogens with zero attached hydrogens (tertiary/aromatic N) is 1. The molecule has 0 aliphatic carbocycles. The van der Waals surface area contributed by atoms with Gasteiger partial charge in [-0.2, -0.15) is 8.42 Å². The van der Waals surface area contributed by atoms with Gasteiger partial charge in [0.2, 0.25) is 10.0 Å². The maximum Gasteiger partial charge on any atom is 0.286 e. The number of rotatable bonds is 2. The van der Waals surface area contributed by atoms with Gasteiger partial charge < -0.3 is 5.32 Å². The van der Waals surface area contributed by atoms with Gasteiger partial charge in [0.25, 0.3) is 10.0 Å². The van der Waals surface area contributed by atoms with E-state index in [0.29, 0.717) is 0 Å². The fraction of sp³-hybridized carbons (Fsp3) is 0.125. The quantitative estimate of drug-likeness (QED) is 0.641. The molecule has 3 N–H and O–H groups in total. The minimum Gasteiger partial charge on any atom is -0.340 e. The number of hydrogen-bond acceptors (Lipinski definition) is 5. The molecule has 0 unspecified atom stereocenters. The molecule has 0 spiro atoms. The van der Waals surface area contributed by atoms with Crippen LogP contribution >= 0.6 is 43.5 Å². The molecule has 0 fully saturated rings. The molecular formula is C8H6Br2ClN3O4S2. The zero-order valence-corrected chi connectivity index (χ0v) is 14.9. The molecule has 1 heterocycles. The smallest absolute Gasteiger partial charge is 0.286 e. The Morgan fingerprint density at radius 3 is 2.45 bits per heavy atom. The highest BCUT2D eigenvalue weighted by atomic mass is 79.9. The van der Waals surface area contributed by atoms with E-state index in [0.717, 1.165) is 6.07 Å². The number of anilines is 1. The van der Waals surface area contributed by atoms with Crippen molar-refractivity contribution < 1.29 is 16.8 Å². The van der Waals surface area contributed by atoms with Gasteiger partial charge in [0.05, 0.1) is 10.7 Å². The summed E-state index contributed by atoms with van der Waals surface area (Å²) in [7, 11) is -8.19. The Labute approximate surface area is 137 Å². The summed E-state index contributed by atoms with van der Waals surface area (Å²) < 4.78 is 49.8. The van der Waals surface area contributed by atoms with Crippen molar-refractivity contribution in [1.29, 1.82) is 0 Å². The summed E-state index contributed by atoms with van der Waals surface area (Å²) in [5.41, 5.74) is 0.122. The standard InChI is InChI=1S/C8H6Br2ClN3O4S2/c9-7(10)8-13-4-1-3(11)5(19(12,15)16)2-6(4)20(17,18)14-8/h1-2,7H,(H,13,14)(H2,12,15,16). The van der Waals surface area contributed by atoms with Gasteiger partial charge in [0, 0.05) is 0 Å². The predicted octanol–water partition coefficient (Wildman–Crippen LogP) is 1.62. The van der Waals surface area contributed by atoms with E-state index in [1.54, 1.807) is 0 Å². The van der Waals surface area contributed by atoms with Crippen molar-refractivity contribution in [3.8, 4) is 0 Å². The topological polar surface area (TPSA) is 119 Å². The molecule has 0 saturated heterocycles. The van der Waals surface area contributed by atoms with Crippen molar-refractivity contribution >= 4 is 75.0 Å². The molecule has 1 aromatic carbocycles. The summed E-state index contributed by atoms with van der Waals surface area (Å²) in [5, 5.41) is 7.52. The summed E-state index contributed by atoms with van der Waals surface area (Å²) in [6.07, 6.45) is 0. The minimum atomic E-state index is -4.14. The third-order valence-electron chi connectivity index (χ3n) is 2.31. The number of alkyl halides is 2. The third-order valence-corrected chi connectivity index (χ3v) is 5.88. The first-order valence-corrected chi connectivity index (χ1v) is 9.98. The summed E-state index contributed by atoms with van der Waals surface area (Å²) in [5.74, 6) is 0.0944. The molecule has 0 amide bonds. The van der Waals surface area contributed by atoms with Gasteiger partial charge in [0.15, 0.2) is 0 Å². The van der Waals surface area contributed by atoms with Gasteiger partial charge in [-0.15, -0.1) is 4.40 Å². The number of primary sulfonamides is 1. The number of fused-ring (bicyclic) bond motifs is 1. The lowest BCUT2D eigenvalue weighted by atomic mass is 10.3. The van der Waals surface area contributed by atoms with Crippen LogP contribution in [0.15, 0.2) is 26.3 Å². The normalized spacial score (nSPS) is 17.4. The van der Waals surface area contributed by atoms with Crippen LogP contribution in [0.5, 0.6) is 0 Å². The second-order valence-electron chi connectivity index (χ2n) is 3.70. The Morgan fingerprint density at radius 2 is 1.95 bits per heavy atom. The molecular weight excluding hydrogens is 462 g/mol. The van der Waals surface area contributed by atoms with E-state index < -0.39 is 28.7 Å². The first kappa shape index (κ1) is 16.2. The van der Waals surface area contributed by atoms with Crippen LogP contribution in [0.25, 0.3) is 0 Å². The van der Waals surface area contributed by atoms with Gasteiger partial charge in [-0.05, 0) is 12.1 Å². The average Bonchev–Trinajstić information content (AvgIpc) is 2.24. The number of hydrogen-bond donors (Lipinski definition) is 2. The van der Waals surface area contributed by atoms with Crippen molar-refractivity contribution in [2.24, 2.45) is 9.54 Å². The molecule has 0 radical (unpaired) electrons. The number of nitrogens with two attached hydrogens (primary N) is 1. The highest BCUT2D eigenvalue weighted by molar-refractivity contribution is 9.25. The summed E-state index contributed by atoms with van der Waals surface area (Å²) in [4.78, 5) is -0.786. The molecule has 1 aromatic rings. The molecule has 1 aliphatic rings. The minimum absolute atomic E-state index is 0.0944. The van der Waals surface area contributed by atoms with Gasteiger partial charge in [-0.1, -0.05) is 43.5 Å². The van der Waals surface area contributed by atoms with E-state index in [2.05, 4.69) is 41.6 Å². The fourth-order valence-corrected chi connectivity index (χ4v) is 4.54. The third kappa shape index (κ3) is 3.02. The maximum atomic E-state index is 12.0. The van der Waals surface area contributed by atoms with Crippen LogP contribution in [-0.4, -0.2) is 26.4 Å². The first-order chi connectivity index (χ1) is 9.02. The molecule has 0 bridgehead atoms. The highest BCUT2D eigenvalue weighted by Gasteiger charge is 2.30. The van der Waals surface area contributed by atoms with Crippen LogP contribution in [0, 0.1) is 0 Å². The van der Waals surface area contributed by atoms with Crippen molar-refractivity contribution in [1.82, 2.24) is 0 Å². The van der Waals surface area contributed by atoms with E-state index in [1.165, 1.54) is 6.07 Å². The summed E-state index contributed by atoms with van der Waals surface area (Å²) in [6.45, 7) is 0. The lowest BCUT2D eigenvalue weighted by Gasteiger charge is -2.20. The van der Waals surface area contributed by atoms with Crippen LogP contribution in [0.1, 0.15) is 0 Å². The Bertz CT molecular complexity index is 820. The monoisotopic (exact) mass is 465 g/mol. The summed E-state index contributed by atoms with van der Waals surface area (Å²) >= 11 is 12.0. The van der Waals surface area contributed by atoms with Crippen LogP contribution < -0.4 is 10.5 Å². The Hall–Kier alpha value is -0.200. The van der Waals surface area contributed by atoms with Crippen LogP contribution in [0.2, 0.25) is 5.02 Å². The maximum absolute atomic E-state index is 12.0. The van der Waals surface area contributed by atoms with Crippen LogP contribution in [-0.2, 0) is 20.0 Å². The van der Waals surface area contributed by atoms with E-state index in [9.17, 15) is 16.8 Å². The molecule has 110 valence electrons. The second kappa shape index (κ2) is 5.21. The van der Waals surface area contributed by atoms with Crippen molar-refractivity contribution in [3.05, 3.63) is 17.2 Å². The predicted molar refractivity (Wildman–Crippen MR) is 82.7 cm³/mol. The lowest BCUT2D eigenvalue weighted by Crippen LogP contribution is -2.26. The first-order valence-electron chi connectivity index (χ1n) is 4.79. The van der Waals surface area contributed by atoms with Gasteiger partial charge in [-0.3, -0.25) is 0 Å². The molecule has 0 saturated carbocycles. The molecule has 1 aliphatic heterocycles. The van der Waals surface area contributed by atoms with E-state index in [-0.39, 0.29) is 21.4 Å². The molecule has 0 aromatic heterocycles. The Balaban J connectivity index is 2.74. The van der Waals surface area contributed by atoms with E-state index in [4.69, 9.17) is 16.7 Å².